The molecule has 1 aliphatic heterocycles. The number of sulfone groups is 1. The number of aryl methyl sites for hydroxylation is 3. The zero-order valence-electron chi connectivity index (χ0n) is 18.7. The Labute approximate surface area is 188 Å². The van der Waals surface area contributed by atoms with Gasteiger partial charge in [0.15, 0.2) is 15.5 Å². The van der Waals surface area contributed by atoms with Crippen LogP contribution in [0, 0.1) is 13.8 Å². The third-order valence-corrected chi connectivity index (χ3v) is 8.38. The van der Waals surface area contributed by atoms with Gasteiger partial charge in [0, 0.05) is 17.3 Å². The lowest BCUT2D eigenvalue weighted by Crippen LogP contribution is -2.16. The molecular formula is C24H28N4O3S. The lowest BCUT2D eigenvalue weighted by atomic mass is 10.0. The van der Waals surface area contributed by atoms with E-state index in [0.717, 1.165) is 41.8 Å². The van der Waals surface area contributed by atoms with E-state index in [-0.39, 0.29) is 23.5 Å². The number of benzene rings is 1. The first kappa shape index (κ1) is 21.1. The molecule has 1 N–H and O–H groups in total. The molecule has 3 aromatic rings. The minimum atomic E-state index is -3.06. The summed E-state index contributed by atoms with van der Waals surface area (Å²) < 4.78 is 25.9. The molecule has 32 heavy (non-hydrogen) atoms. The van der Waals surface area contributed by atoms with Crippen LogP contribution in [-0.4, -0.2) is 40.6 Å². The van der Waals surface area contributed by atoms with Gasteiger partial charge in [0.2, 0.25) is 0 Å². The van der Waals surface area contributed by atoms with Crippen LogP contribution in [-0.2, 0) is 16.3 Å². The number of anilines is 1. The average Bonchev–Trinajstić information content (AvgIpc) is 3.47. The van der Waals surface area contributed by atoms with Gasteiger partial charge >= 0.3 is 0 Å². The van der Waals surface area contributed by atoms with Crippen LogP contribution in [0.15, 0.2) is 24.3 Å². The van der Waals surface area contributed by atoms with Gasteiger partial charge in [0.25, 0.3) is 5.91 Å². The summed E-state index contributed by atoms with van der Waals surface area (Å²) in [5.41, 5.74) is 5.75. The van der Waals surface area contributed by atoms with E-state index in [0.29, 0.717) is 34.6 Å². The van der Waals surface area contributed by atoms with Gasteiger partial charge in [-0.25, -0.2) is 18.1 Å². The van der Waals surface area contributed by atoms with Crippen molar-refractivity contribution < 1.29 is 13.2 Å². The molecule has 168 valence electrons. The summed E-state index contributed by atoms with van der Waals surface area (Å²) in [7, 11) is -3.06. The molecule has 0 bridgehead atoms. The van der Waals surface area contributed by atoms with Crippen molar-refractivity contribution in [3.8, 4) is 0 Å². The molecule has 5 rings (SSSR count). The molecule has 2 fully saturated rings. The summed E-state index contributed by atoms with van der Waals surface area (Å²) in [6.07, 6.45) is 3.46. The molecule has 1 aromatic carbocycles. The average molecular weight is 453 g/mol. The van der Waals surface area contributed by atoms with Crippen molar-refractivity contribution in [3.05, 3.63) is 52.3 Å². The van der Waals surface area contributed by atoms with Crippen molar-refractivity contribution in [1.29, 1.82) is 0 Å². The van der Waals surface area contributed by atoms with Gasteiger partial charge in [-0.1, -0.05) is 25.1 Å². The third-order valence-electron chi connectivity index (χ3n) is 6.63. The Morgan fingerprint density at radius 1 is 1.22 bits per heavy atom. The number of nitrogens with one attached hydrogen (secondary N) is 1. The highest BCUT2D eigenvalue weighted by Gasteiger charge is 2.34. The molecule has 8 heteroatoms. The van der Waals surface area contributed by atoms with Gasteiger partial charge in [0.1, 0.15) is 0 Å². The van der Waals surface area contributed by atoms with E-state index < -0.39 is 9.84 Å². The molecule has 2 aliphatic rings. The predicted octanol–water partition coefficient (Wildman–Crippen LogP) is 4.10. The SMILES string of the molecule is CCc1cccc(C)c1NC(=O)c1cc(C2CC2)nc2c1c(C)nn2C1CCS(=O)(=O)C1. The van der Waals surface area contributed by atoms with E-state index in [2.05, 4.69) is 17.3 Å². The number of amides is 1. The van der Waals surface area contributed by atoms with E-state index >= 15 is 0 Å². The molecule has 7 nitrogen and oxygen atoms in total. The van der Waals surface area contributed by atoms with Crippen molar-refractivity contribution in [2.75, 3.05) is 16.8 Å². The van der Waals surface area contributed by atoms with E-state index in [9.17, 15) is 13.2 Å². The number of aromatic nitrogens is 3. The molecule has 1 saturated heterocycles. The normalized spacial score (nSPS) is 20.0. The first-order valence-corrected chi connectivity index (χ1v) is 13.1. The number of hydrogen-bond donors (Lipinski definition) is 1. The Morgan fingerprint density at radius 2 is 2.00 bits per heavy atom. The van der Waals surface area contributed by atoms with Crippen molar-refractivity contribution in [2.45, 2.75) is 58.4 Å². The number of pyridine rings is 1. The summed E-state index contributed by atoms with van der Waals surface area (Å²) in [6.45, 7) is 5.93. The fourth-order valence-electron chi connectivity index (χ4n) is 4.71. The minimum Gasteiger partial charge on any atom is -0.321 e. The Hall–Kier alpha value is -2.74. The Balaban J connectivity index is 1.62. The number of hydrogen-bond acceptors (Lipinski definition) is 5. The van der Waals surface area contributed by atoms with Crippen LogP contribution in [0.1, 0.15) is 71.0 Å². The standard InChI is InChI=1S/C24H28N4O3S/c1-4-16-7-5-6-14(2)22(16)26-24(29)19-12-20(17-8-9-17)25-23-21(19)15(3)27-28(23)18-10-11-32(30,31)13-18/h5-7,12,17-18H,4,8-11,13H2,1-3H3,(H,26,29). The number of carbonyl (C=O) groups is 1. The quantitative estimate of drug-likeness (QED) is 0.629. The molecule has 2 aromatic heterocycles. The van der Waals surface area contributed by atoms with Gasteiger partial charge in [-0.2, -0.15) is 5.10 Å². The van der Waals surface area contributed by atoms with Crippen LogP contribution in [0.2, 0.25) is 0 Å². The summed E-state index contributed by atoms with van der Waals surface area (Å²) in [5.74, 6) is 0.417. The fraction of sp³-hybridized carbons (Fsp3) is 0.458. The molecule has 1 atom stereocenters. The predicted molar refractivity (Wildman–Crippen MR) is 125 cm³/mol. The van der Waals surface area contributed by atoms with Crippen LogP contribution < -0.4 is 5.32 Å². The summed E-state index contributed by atoms with van der Waals surface area (Å²) in [5, 5.41) is 8.52. The van der Waals surface area contributed by atoms with Crippen molar-refractivity contribution >= 4 is 32.5 Å². The number of nitrogens with zero attached hydrogens (tertiary/aromatic N) is 3. The van der Waals surface area contributed by atoms with Crippen molar-refractivity contribution in [2.24, 2.45) is 0 Å². The lowest BCUT2D eigenvalue weighted by Gasteiger charge is -2.15. The molecule has 1 amide bonds. The second-order valence-corrected chi connectivity index (χ2v) is 11.3. The van der Waals surface area contributed by atoms with Gasteiger partial charge in [-0.15, -0.1) is 0 Å². The largest absolute Gasteiger partial charge is 0.321 e. The second-order valence-electron chi connectivity index (χ2n) is 9.07. The topological polar surface area (TPSA) is 93.9 Å². The van der Waals surface area contributed by atoms with Crippen LogP contribution in [0.4, 0.5) is 5.69 Å². The fourth-order valence-corrected chi connectivity index (χ4v) is 6.40. The number of rotatable bonds is 5. The van der Waals surface area contributed by atoms with Crippen LogP contribution in [0.25, 0.3) is 11.0 Å². The number of fused-ring (bicyclic) bond motifs is 1. The molecule has 3 heterocycles. The molecule has 1 unspecified atom stereocenters. The smallest absolute Gasteiger partial charge is 0.256 e. The van der Waals surface area contributed by atoms with Crippen LogP contribution in [0.3, 0.4) is 0 Å². The molecule has 1 aliphatic carbocycles. The lowest BCUT2D eigenvalue weighted by molar-refractivity contribution is 0.102. The zero-order valence-corrected chi connectivity index (χ0v) is 19.5. The zero-order chi connectivity index (χ0) is 22.6. The van der Waals surface area contributed by atoms with Crippen molar-refractivity contribution in [1.82, 2.24) is 14.8 Å². The maximum absolute atomic E-state index is 13.6. The first-order chi connectivity index (χ1) is 15.3. The van der Waals surface area contributed by atoms with E-state index in [1.807, 2.05) is 38.1 Å². The van der Waals surface area contributed by atoms with Crippen LogP contribution >= 0.6 is 0 Å². The van der Waals surface area contributed by atoms with E-state index in [4.69, 9.17) is 4.98 Å². The van der Waals surface area contributed by atoms with Gasteiger partial charge in [-0.05, 0) is 56.7 Å². The maximum Gasteiger partial charge on any atom is 0.256 e. The highest BCUT2D eigenvalue weighted by atomic mass is 32.2. The van der Waals surface area contributed by atoms with E-state index in [1.54, 1.807) is 4.68 Å². The molecule has 0 radical (unpaired) electrons. The number of carbonyl (C=O) groups excluding carboxylic acids is 1. The first-order valence-electron chi connectivity index (χ1n) is 11.3. The third kappa shape index (κ3) is 3.70. The minimum absolute atomic E-state index is 0.0726. The molecule has 1 saturated carbocycles. The Morgan fingerprint density at radius 3 is 2.66 bits per heavy atom. The monoisotopic (exact) mass is 452 g/mol. The van der Waals surface area contributed by atoms with Crippen LogP contribution in [0.5, 0.6) is 0 Å². The second kappa shape index (κ2) is 7.69. The van der Waals surface area contributed by atoms with Gasteiger partial charge < -0.3 is 5.32 Å². The Kier molecular flexibility index (Phi) is 5.08. The van der Waals surface area contributed by atoms with E-state index in [1.165, 1.54) is 0 Å². The maximum atomic E-state index is 13.6. The summed E-state index contributed by atoms with van der Waals surface area (Å²) >= 11 is 0. The van der Waals surface area contributed by atoms with Gasteiger partial charge in [0.05, 0.1) is 34.2 Å². The van der Waals surface area contributed by atoms with Crippen molar-refractivity contribution in [3.63, 3.8) is 0 Å². The highest BCUT2D eigenvalue weighted by molar-refractivity contribution is 7.91. The van der Waals surface area contributed by atoms with Gasteiger partial charge in [-0.3, -0.25) is 4.79 Å². The number of para-hydroxylation sites is 1. The molecular weight excluding hydrogens is 424 g/mol. The highest BCUT2D eigenvalue weighted by Crippen LogP contribution is 2.41. The summed E-state index contributed by atoms with van der Waals surface area (Å²) in [4.78, 5) is 18.4. The Bertz CT molecular complexity index is 1340. The molecule has 0 spiro atoms. The summed E-state index contributed by atoms with van der Waals surface area (Å²) in [6, 6.07) is 7.70.